The van der Waals surface area contributed by atoms with Crippen molar-refractivity contribution < 1.29 is 9.53 Å². The van der Waals surface area contributed by atoms with Gasteiger partial charge in [-0.1, -0.05) is 11.6 Å². The Morgan fingerprint density at radius 2 is 2.15 bits per heavy atom. The zero-order valence-electron chi connectivity index (χ0n) is 7.63. The predicted octanol–water partition coefficient (Wildman–Crippen LogP) is 2.48. The van der Waals surface area contributed by atoms with Gasteiger partial charge in [0.2, 0.25) is 0 Å². The summed E-state index contributed by atoms with van der Waals surface area (Å²) >= 11 is 5.80. The van der Waals surface area contributed by atoms with Crippen LogP contribution in [0, 0.1) is 6.92 Å². The number of hydrogen-bond acceptors (Lipinski definition) is 2. The van der Waals surface area contributed by atoms with Crippen LogP contribution < -0.4 is 0 Å². The molecule has 1 aromatic rings. The number of methoxy groups -OCH3 is 1. The number of ether oxygens (including phenoxy) is 1. The van der Waals surface area contributed by atoms with Crippen molar-refractivity contribution in [3.63, 3.8) is 0 Å². The summed E-state index contributed by atoms with van der Waals surface area (Å²) in [6.45, 7) is 2.00. The molecule has 0 aromatic heterocycles. The Morgan fingerprint density at radius 1 is 1.46 bits per heavy atom. The van der Waals surface area contributed by atoms with Crippen LogP contribution in [0.4, 0.5) is 0 Å². The topological polar surface area (TPSA) is 26.3 Å². The van der Waals surface area contributed by atoms with Crippen molar-refractivity contribution in [2.24, 2.45) is 0 Å². The molecule has 1 aromatic carbocycles. The third kappa shape index (κ3) is 2.83. The van der Waals surface area contributed by atoms with Crippen LogP contribution in [-0.2, 0) is 4.74 Å². The summed E-state index contributed by atoms with van der Waals surface area (Å²) in [6, 6.07) is 5.26. The van der Waals surface area contributed by atoms with E-state index in [0.717, 1.165) is 5.56 Å². The second-order valence-corrected chi connectivity index (χ2v) is 3.31. The zero-order chi connectivity index (χ0) is 9.84. The minimum Gasteiger partial charge on any atom is -0.377 e. The Labute approximate surface area is 82.5 Å². The number of aryl methyl sites for hydroxylation is 1. The highest BCUT2D eigenvalue weighted by molar-refractivity contribution is 6.31. The second kappa shape index (κ2) is 4.40. The van der Waals surface area contributed by atoms with Gasteiger partial charge in [-0.3, -0.25) is 4.79 Å². The van der Waals surface area contributed by atoms with Crippen LogP contribution >= 0.6 is 11.6 Å². The highest BCUT2D eigenvalue weighted by Crippen LogP contribution is 2.14. The first-order chi connectivity index (χ1) is 6.13. The van der Waals surface area contributed by atoms with Crippen LogP contribution in [0.1, 0.15) is 15.9 Å². The quantitative estimate of drug-likeness (QED) is 0.698. The monoisotopic (exact) mass is 198 g/mol. The fraction of sp³-hybridized carbons (Fsp3) is 0.300. The molecule has 0 amide bonds. The summed E-state index contributed by atoms with van der Waals surface area (Å²) < 4.78 is 4.75. The molecule has 0 spiro atoms. The van der Waals surface area contributed by atoms with Crippen LogP contribution in [0.25, 0.3) is 0 Å². The van der Waals surface area contributed by atoms with Gasteiger partial charge in [0.1, 0.15) is 6.61 Å². The van der Waals surface area contributed by atoms with Gasteiger partial charge in [0.15, 0.2) is 5.78 Å². The molecule has 0 N–H and O–H groups in total. The van der Waals surface area contributed by atoms with E-state index in [1.54, 1.807) is 12.1 Å². The molecule has 3 heteroatoms. The summed E-state index contributed by atoms with van der Waals surface area (Å²) in [5.74, 6) is -0.0481. The van der Waals surface area contributed by atoms with Crippen LogP contribution in [0.5, 0.6) is 0 Å². The van der Waals surface area contributed by atoms with E-state index in [-0.39, 0.29) is 12.4 Å². The normalized spacial score (nSPS) is 10.1. The Balaban J connectivity index is 2.94. The first-order valence-electron chi connectivity index (χ1n) is 3.93. The van der Waals surface area contributed by atoms with Crippen molar-refractivity contribution in [1.82, 2.24) is 0 Å². The molecule has 0 radical (unpaired) electrons. The van der Waals surface area contributed by atoms with Crippen molar-refractivity contribution in [2.45, 2.75) is 6.92 Å². The second-order valence-electron chi connectivity index (χ2n) is 2.87. The summed E-state index contributed by atoms with van der Waals surface area (Å²) in [5.41, 5.74) is 1.58. The molecule has 0 aliphatic rings. The van der Waals surface area contributed by atoms with Gasteiger partial charge in [-0.15, -0.1) is 0 Å². The molecule has 0 saturated carbocycles. The lowest BCUT2D eigenvalue weighted by Crippen LogP contribution is -2.06. The molecule has 1 rings (SSSR count). The lowest BCUT2D eigenvalue weighted by molar-refractivity contribution is 0.0848. The van der Waals surface area contributed by atoms with E-state index in [1.807, 2.05) is 13.0 Å². The summed E-state index contributed by atoms with van der Waals surface area (Å²) in [5, 5.41) is 0.583. The molecule has 0 fully saturated rings. The predicted molar refractivity (Wildman–Crippen MR) is 52.4 cm³/mol. The van der Waals surface area contributed by atoms with Crippen molar-refractivity contribution in [2.75, 3.05) is 13.7 Å². The van der Waals surface area contributed by atoms with Gasteiger partial charge >= 0.3 is 0 Å². The van der Waals surface area contributed by atoms with Crippen molar-refractivity contribution in [3.8, 4) is 0 Å². The first-order valence-corrected chi connectivity index (χ1v) is 4.30. The maximum Gasteiger partial charge on any atom is 0.188 e. The number of carbonyl (C=O) groups excluding carboxylic acids is 1. The number of carbonyl (C=O) groups is 1. The number of ketones is 1. The Morgan fingerprint density at radius 3 is 2.69 bits per heavy atom. The molecule has 0 aliphatic heterocycles. The molecule has 0 aliphatic carbocycles. The van der Waals surface area contributed by atoms with Crippen LogP contribution in [0.3, 0.4) is 0 Å². The Kier molecular flexibility index (Phi) is 3.46. The minimum absolute atomic E-state index is 0.0481. The van der Waals surface area contributed by atoms with Gasteiger partial charge in [0, 0.05) is 17.7 Å². The fourth-order valence-corrected chi connectivity index (χ4v) is 1.40. The van der Waals surface area contributed by atoms with Crippen molar-refractivity contribution >= 4 is 17.4 Å². The molecule has 70 valence electrons. The van der Waals surface area contributed by atoms with Gasteiger partial charge in [-0.2, -0.15) is 0 Å². The van der Waals surface area contributed by atoms with Crippen LogP contribution in [0.15, 0.2) is 18.2 Å². The SMILES string of the molecule is COCC(=O)c1cc(C)cc(Cl)c1. The lowest BCUT2D eigenvalue weighted by Gasteiger charge is -2.01. The third-order valence-corrected chi connectivity index (χ3v) is 1.86. The fourth-order valence-electron chi connectivity index (χ4n) is 1.11. The largest absolute Gasteiger partial charge is 0.377 e. The Bertz CT molecular complexity index is 300. The summed E-state index contributed by atoms with van der Waals surface area (Å²) in [6.07, 6.45) is 0. The third-order valence-electron chi connectivity index (χ3n) is 1.64. The van der Waals surface area contributed by atoms with E-state index in [9.17, 15) is 4.79 Å². The minimum atomic E-state index is -0.0481. The Hall–Kier alpha value is -0.860. The molecule has 0 saturated heterocycles. The van der Waals surface area contributed by atoms with Gasteiger partial charge in [-0.25, -0.2) is 0 Å². The molecule has 0 unspecified atom stereocenters. The molecular weight excluding hydrogens is 188 g/mol. The van der Waals surface area contributed by atoms with Crippen molar-refractivity contribution in [1.29, 1.82) is 0 Å². The zero-order valence-corrected chi connectivity index (χ0v) is 8.39. The van der Waals surface area contributed by atoms with E-state index < -0.39 is 0 Å². The molecule has 0 atom stereocenters. The highest BCUT2D eigenvalue weighted by atomic mass is 35.5. The molecule has 13 heavy (non-hydrogen) atoms. The van der Waals surface area contributed by atoms with E-state index in [2.05, 4.69) is 0 Å². The average molecular weight is 199 g/mol. The number of rotatable bonds is 3. The van der Waals surface area contributed by atoms with Crippen LogP contribution in [-0.4, -0.2) is 19.5 Å². The van der Waals surface area contributed by atoms with Gasteiger partial charge < -0.3 is 4.74 Å². The van der Waals surface area contributed by atoms with E-state index in [1.165, 1.54) is 7.11 Å². The molecule has 2 nitrogen and oxygen atoms in total. The number of halogens is 1. The molecule has 0 bridgehead atoms. The van der Waals surface area contributed by atoms with Gasteiger partial charge in [0.05, 0.1) is 0 Å². The van der Waals surface area contributed by atoms with Crippen molar-refractivity contribution in [3.05, 3.63) is 34.3 Å². The summed E-state index contributed by atoms with van der Waals surface area (Å²) in [4.78, 5) is 11.4. The standard InChI is InChI=1S/C10H11ClO2/c1-7-3-8(5-9(11)4-7)10(12)6-13-2/h3-5H,6H2,1-2H3. The maximum absolute atomic E-state index is 11.4. The van der Waals surface area contributed by atoms with E-state index >= 15 is 0 Å². The number of Topliss-reactive ketones (excluding diaryl/α,β-unsaturated/α-hetero) is 1. The van der Waals surface area contributed by atoms with E-state index in [4.69, 9.17) is 16.3 Å². The highest BCUT2D eigenvalue weighted by Gasteiger charge is 2.06. The van der Waals surface area contributed by atoms with E-state index in [0.29, 0.717) is 10.6 Å². The first kappa shape index (κ1) is 10.2. The van der Waals surface area contributed by atoms with Crippen LogP contribution in [0.2, 0.25) is 5.02 Å². The smallest absolute Gasteiger partial charge is 0.188 e. The van der Waals surface area contributed by atoms with Gasteiger partial charge in [-0.05, 0) is 30.7 Å². The maximum atomic E-state index is 11.4. The van der Waals surface area contributed by atoms with Gasteiger partial charge in [0.25, 0.3) is 0 Å². The lowest BCUT2D eigenvalue weighted by atomic mass is 10.1. The average Bonchev–Trinajstić information content (AvgIpc) is 2.03. The number of benzene rings is 1. The summed E-state index contributed by atoms with van der Waals surface area (Å²) in [7, 11) is 1.50. The molecule has 0 heterocycles. The molecular formula is C10H11ClO2. The number of hydrogen-bond donors (Lipinski definition) is 0.